The second-order valence-electron chi connectivity index (χ2n) is 8.51. The predicted molar refractivity (Wildman–Crippen MR) is 112 cm³/mol. The van der Waals surface area contributed by atoms with E-state index in [9.17, 15) is 13.2 Å². The smallest absolute Gasteiger partial charge is 0.240 e. The summed E-state index contributed by atoms with van der Waals surface area (Å²) in [7, 11) is -3.47. The summed E-state index contributed by atoms with van der Waals surface area (Å²) >= 11 is 0. The van der Waals surface area contributed by atoms with Crippen LogP contribution < -0.4 is 15.8 Å². The number of amides is 1. The lowest BCUT2D eigenvalue weighted by atomic mass is 9.65. The molecule has 3 saturated carbocycles. The van der Waals surface area contributed by atoms with Gasteiger partial charge in [-0.3, -0.25) is 4.79 Å². The first-order valence-corrected chi connectivity index (χ1v) is 11.6. The van der Waals surface area contributed by atoms with Crippen molar-refractivity contribution in [2.45, 2.75) is 55.9 Å². The Labute approximate surface area is 173 Å². The number of hydrogen-bond donors (Lipinski definition) is 3. The van der Waals surface area contributed by atoms with Crippen molar-refractivity contribution in [3.63, 3.8) is 0 Å². The molecule has 8 heteroatoms. The number of carbonyl (C=O) groups is 1. The molecule has 0 aliphatic heterocycles. The zero-order valence-electron chi connectivity index (χ0n) is 16.0. The van der Waals surface area contributed by atoms with E-state index in [0.717, 1.165) is 38.5 Å². The normalized spacial score (nSPS) is 29.6. The van der Waals surface area contributed by atoms with Crippen LogP contribution in [-0.2, 0) is 14.8 Å². The van der Waals surface area contributed by atoms with Gasteiger partial charge >= 0.3 is 0 Å². The third-order valence-electron chi connectivity index (χ3n) is 6.47. The molecule has 3 fully saturated rings. The fourth-order valence-corrected chi connectivity index (χ4v) is 5.71. The lowest BCUT2D eigenvalue weighted by Crippen LogP contribution is -2.48. The minimum Gasteiger partial charge on any atom is -0.327 e. The van der Waals surface area contributed by atoms with Gasteiger partial charge in [-0.05, 0) is 80.5 Å². The molecule has 1 aromatic rings. The summed E-state index contributed by atoms with van der Waals surface area (Å²) in [6.07, 6.45) is 7.40. The second kappa shape index (κ2) is 8.69. The van der Waals surface area contributed by atoms with Crippen LogP contribution in [0.3, 0.4) is 0 Å². The van der Waals surface area contributed by atoms with Crippen molar-refractivity contribution in [2.75, 3.05) is 11.9 Å². The zero-order valence-corrected chi connectivity index (χ0v) is 17.6. The van der Waals surface area contributed by atoms with Crippen LogP contribution in [0.5, 0.6) is 0 Å². The molecule has 3 aliphatic rings. The fraction of sp³-hybridized carbons (Fsp3) is 0.650. The van der Waals surface area contributed by atoms with Gasteiger partial charge in [-0.15, -0.1) is 12.4 Å². The Balaban J connectivity index is 0.00000225. The highest BCUT2D eigenvalue weighted by Gasteiger charge is 2.40. The first-order valence-electron chi connectivity index (χ1n) is 10.1. The predicted octanol–water partition coefficient (Wildman–Crippen LogP) is 2.89. The van der Waals surface area contributed by atoms with Crippen LogP contribution in [0.1, 0.15) is 44.9 Å². The number of fused-ring (bicyclic) bond motifs is 2. The minimum absolute atomic E-state index is 0. The quantitative estimate of drug-likeness (QED) is 0.649. The van der Waals surface area contributed by atoms with Crippen molar-refractivity contribution in [3.05, 3.63) is 24.3 Å². The summed E-state index contributed by atoms with van der Waals surface area (Å²) in [5, 5.41) is 2.96. The standard InChI is InChI=1S/C20H29N3O3S.ClH/c21-19-14-2-1-3-15(19)11-16(10-14)20(24)23-17-6-8-18(9-7-17)27(25,26)22-12-13-4-5-13;/h6-9,13-16,19,22H,1-5,10-12,21H2,(H,23,24);1H. The topological polar surface area (TPSA) is 101 Å². The van der Waals surface area contributed by atoms with Crippen LogP contribution in [0.2, 0.25) is 0 Å². The van der Waals surface area contributed by atoms with Gasteiger partial charge in [0.15, 0.2) is 0 Å². The number of benzene rings is 1. The molecule has 0 spiro atoms. The fourth-order valence-electron chi connectivity index (χ4n) is 4.60. The molecule has 2 bridgehead atoms. The summed E-state index contributed by atoms with van der Waals surface area (Å²) < 4.78 is 27.2. The van der Waals surface area contributed by atoms with Crippen LogP contribution in [-0.4, -0.2) is 26.9 Å². The summed E-state index contributed by atoms with van der Waals surface area (Å²) in [5.74, 6) is 1.43. The SMILES string of the molecule is Cl.NC1C2CCCC1CC(C(=O)Nc1ccc(S(=O)(=O)NCC3CC3)cc1)C2. The molecule has 3 aliphatic carbocycles. The number of hydrogen-bond acceptors (Lipinski definition) is 4. The molecule has 0 saturated heterocycles. The molecule has 156 valence electrons. The summed E-state index contributed by atoms with van der Waals surface area (Å²) in [6.45, 7) is 0.507. The van der Waals surface area contributed by atoms with Gasteiger partial charge in [0.2, 0.25) is 15.9 Å². The number of nitrogens with two attached hydrogens (primary N) is 1. The Morgan fingerprint density at radius 1 is 1.04 bits per heavy atom. The highest BCUT2D eigenvalue weighted by molar-refractivity contribution is 7.89. The van der Waals surface area contributed by atoms with Crippen molar-refractivity contribution in [1.82, 2.24) is 4.72 Å². The molecule has 6 nitrogen and oxygen atoms in total. The minimum atomic E-state index is -3.47. The van der Waals surface area contributed by atoms with Gasteiger partial charge in [0.25, 0.3) is 0 Å². The van der Waals surface area contributed by atoms with E-state index in [1.165, 1.54) is 6.42 Å². The lowest BCUT2D eigenvalue weighted by molar-refractivity contribution is -0.122. The monoisotopic (exact) mass is 427 g/mol. The van der Waals surface area contributed by atoms with E-state index in [1.54, 1.807) is 24.3 Å². The Bertz CT molecular complexity index is 781. The van der Waals surface area contributed by atoms with E-state index in [1.807, 2.05) is 0 Å². The van der Waals surface area contributed by atoms with Crippen molar-refractivity contribution >= 4 is 34.0 Å². The van der Waals surface area contributed by atoms with E-state index in [2.05, 4.69) is 10.0 Å². The maximum absolute atomic E-state index is 12.7. The van der Waals surface area contributed by atoms with Gasteiger partial charge < -0.3 is 11.1 Å². The third-order valence-corrected chi connectivity index (χ3v) is 7.91. The molecule has 2 unspecified atom stereocenters. The molecule has 1 aromatic carbocycles. The number of halogens is 1. The van der Waals surface area contributed by atoms with Gasteiger partial charge in [0, 0.05) is 24.2 Å². The Kier molecular flexibility index (Phi) is 6.69. The number of carbonyl (C=O) groups excluding carboxylic acids is 1. The summed E-state index contributed by atoms with van der Waals surface area (Å²) in [6, 6.07) is 6.68. The van der Waals surface area contributed by atoms with E-state index in [0.29, 0.717) is 30.0 Å². The molecule has 0 heterocycles. The average molecular weight is 428 g/mol. The first-order chi connectivity index (χ1) is 12.9. The average Bonchev–Trinajstić information content (AvgIpc) is 3.45. The summed E-state index contributed by atoms with van der Waals surface area (Å²) in [5.41, 5.74) is 6.95. The van der Waals surface area contributed by atoms with E-state index in [4.69, 9.17) is 5.73 Å². The molecular formula is C20H30ClN3O3S. The molecule has 28 heavy (non-hydrogen) atoms. The van der Waals surface area contributed by atoms with Crippen LogP contribution in [0.15, 0.2) is 29.2 Å². The molecule has 1 amide bonds. The number of nitrogens with one attached hydrogen (secondary N) is 2. The molecule has 4 rings (SSSR count). The maximum Gasteiger partial charge on any atom is 0.240 e. The van der Waals surface area contributed by atoms with Crippen LogP contribution in [0.4, 0.5) is 5.69 Å². The first kappa shape index (κ1) is 21.6. The molecule has 4 N–H and O–H groups in total. The maximum atomic E-state index is 12.7. The molecule has 0 radical (unpaired) electrons. The van der Waals surface area contributed by atoms with Crippen LogP contribution in [0.25, 0.3) is 0 Å². The highest BCUT2D eigenvalue weighted by Crippen LogP contribution is 2.42. The van der Waals surface area contributed by atoms with Crippen LogP contribution >= 0.6 is 12.4 Å². The van der Waals surface area contributed by atoms with Gasteiger partial charge in [-0.2, -0.15) is 0 Å². The van der Waals surface area contributed by atoms with E-state index < -0.39 is 10.0 Å². The lowest BCUT2D eigenvalue weighted by Gasteiger charge is -2.43. The van der Waals surface area contributed by atoms with Gasteiger partial charge in [0.05, 0.1) is 4.90 Å². The van der Waals surface area contributed by atoms with Crippen LogP contribution in [0, 0.1) is 23.7 Å². The van der Waals surface area contributed by atoms with Gasteiger partial charge in [-0.1, -0.05) is 6.42 Å². The third kappa shape index (κ3) is 4.87. The zero-order chi connectivity index (χ0) is 19.0. The van der Waals surface area contributed by atoms with Crippen molar-refractivity contribution < 1.29 is 13.2 Å². The molecular weight excluding hydrogens is 398 g/mol. The second-order valence-corrected chi connectivity index (χ2v) is 10.3. The Morgan fingerprint density at radius 3 is 2.21 bits per heavy atom. The van der Waals surface area contributed by atoms with Crippen molar-refractivity contribution in [3.8, 4) is 0 Å². The van der Waals surface area contributed by atoms with E-state index >= 15 is 0 Å². The highest BCUT2D eigenvalue weighted by atomic mass is 35.5. The number of rotatable bonds is 6. The molecule has 0 aromatic heterocycles. The number of anilines is 1. The van der Waals surface area contributed by atoms with Crippen molar-refractivity contribution in [2.24, 2.45) is 29.4 Å². The largest absolute Gasteiger partial charge is 0.327 e. The Morgan fingerprint density at radius 2 is 1.64 bits per heavy atom. The molecule has 2 atom stereocenters. The van der Waals surface area contributed by atoms with Crippen molar-refractivity contribution in [1.29, 1.82) is 0 Å². The van der Waals surface area contributed by atoms with Gasteiger partial charge in [0.1, 0.15) is 0 Å². The Hall–Kier alpha value is -1.15. The number of sulfonamides is 1. The van der Waals surface area contributed by atoms with E-state index in [-0.39, 0.29) is 35.2 Å². The summed E-state index contributed by atoms with van der Waals surface area (Å²) in [4.78, 5) is 12.9. The van der Waals surface area contributed by atoms with Gasteiger partial charge in [-0.25, -0.2) is 13.1 Å².